The minimum absolute atomic E-state index is 0.0723. The number of hydrogen-bond donors (Lipinski definition) is 0. The van der Waals surface area contributed by atoms with Crippen LogP contribution in [0.2, 0.25) is 0 Å². The fourth-order valence-electron chi connectivity index (χ4n) is 2.04. The van der Waals surface area contributed by atoms with E-state index in [0.717, 1.165) is 0 Å². The molecule has 0 atom stereocenters. The van der Waals surface area contributed by atoms with Crippen molar-refractivity contribution in [3.63, 3.8) is 0 Å². The molecule has 0 radical (unpaired) electrons. The van der Waals surface area contributed by atoms with Gasteiger partial charge < -0.3 is 9.80 Å². The zero-order valence-electron chi connectivity index (χ0n) is 12.6. The van der Waals surface area contributed by atoms with Gasteiger partial charge in [-0.1, -0.05) is 13.8 Å². The van der Waals surface area contributed by atoms with E-state index in [0.29, 0.717) is 23.7 Å². The third kappa shape index (κ3) is 3.69. The van der Waals surface area contributed by atoms with E-state index < -0.39 is 4.92 Å². The van der Waals surface area contributed by atoms with Crippen LogP contribution in [0.1, 0.15) is 24.2 Å². The summed E-state index contributed by atoms with van der Waals surface area (Å²) in [4.78, 5) is 26.2. The Kier molecular flexibility index (Phi) is 5.07. The number of nitro benzene ring substituents is 1. The summed E-state index contributed by atoms with van der Waals surface area (Å²) in [5, 5.41) is 10.9. The highest BCUT2D eigenvalue weighted by atomic mass is 16.6. The van der Waals surface area contributed by atoms with Crippen LogP contribution in [0.25, 0.3) is 0 Å². The summed E-state index contributed by atoms with van der Waals surface area (Å²) in [7, 11) is 5.32. The van der Waals surface area contributed by atoms with Gasteiger partial charge in [0.15, 0.2) is 0 Å². The lowest BCUT2D eigenvalue weighted by Gasteiger charge is -2.23. The molecule has 1 aromatic carbocycles. The summed E-state index contributed by atoms with van der Waals surface area (Å²) in [6.07, 6.45) is 0. The Morgan fingerprint density at radius 1 is 1.30 bits per heavy atom. The zero-order valence-corrected chi connectivity index (χ0v) is 12.6. The number of nitro groups is 1. The first-order valence-corrected chi connectivity index (χ1v) is 6.45. The number of nitrogens with zero attached hydrogens (tertiary/aromatic N) is 3. The van der Waals surface area contributed by atoms with Gasteiger partial charge in [-0.25, -0.2) is 0 Å². The van der Waals surface area contributed by atoms with Crippen LogP contribution in [0.5, 0.6) is 0 Å². The van der Waals surface area contributed by atoms with Gasteiger partial charge in [0.05, 0.1) is 10.5 Å². The van der Waals surface area contributed by atoms with E-state index in [-0.39, 0.29) is 11.6 Å². The van der Waals surface area contributed by atoms with E-state index in [1.165, 1.54) is 12.1 Å². The average molecular weight is 279 g/mol. The van der Waals surface area contributed by atoms with Gasteiger partial charge in [0, 0.05) is 45.5 Å². The summed E-state index contributed by atoms with van der Waals surface area (Å²) in [6.45, 7) is 4.64. The number of carbonyl (C=O) groups is 1. The van der Waals surface area contributed by atoms with Gasteiger partial charge in [-0.3, -0.25) is 14.9 Å². The first-order chi connectivity index (χ1) is 9.23. The van der Waals surface area contributed by atoms with Crippen LogP contribution in [0.3, 0.4) is 0 Å². The van der Waals surface area contributed by atoms with Crippen LogP contribution in [-0.2, 0) is 0 Å². The summed E-state index contributed by atoms with van der Waals surface area (Å²) in [5.74, 6) is 0.136. The minimum Gasteiger partial charge on any atom is -0.377 e. The molecule has 0 heterocycles. The predicted octanol–water partition coefficient (Wildman–Crippen LogP) is 2.39. The lowest BCUT2D eigenvalue weighted by atomic mass is 10.1. The molecule has 0 aliphatic carbocycles. The molecule has 6 nitrogen and oxygen atoms in total. The molecular formula is C14H21N3O3. The molecule has 0 N–H and O–H groups in total. The van der Waals surface area contributed by atoms with Gasteiger partial charge in [-0.05, 0) is 12.0 Å². The van der Waals surface area contributed by atoms with Crippen LogP contribution in [-0.4, -0.2) is 43.4 Å². The Morgan fingerprint density at radius 2 is 1.90 bits per heavy atom. The van der Waals surface area contributed by atoms with Crippen molar-refractivity contribution >= 4 is 17.3 Å². The standard InChI is InChI=1S/C14H21N3O3/c1-10(2)9-16(5)14(18)12-8-11(17(19)20)6-7-13(12)15(3)4/h6-8,10H,9H2,1-5H3. The van der Waals surface area contributed by atoms with Crippen LogP contribution in [0.15, 0.2) is 18.2 Å². The molecule has 0 aromatic heterocycles. The monoisotopic (exact) mass is 279 g/mol. The number of non-ortho nitro benzene ring substituents is 1. The van der Waals surface area contributed by atoms with Gasteiger partial charge in [0.2, 0.25) is 0 Å². The van der Waals surface area contributed by atoms with Crippen molar-refractivity contribution in [3.8, 4) is 0 Å². The highest BCUT2D eigenvalue weighted by molar-refractivity contribution is 6.00. The molecule has 0 spiro atoms. The molecule has 0 aliphatic heterocycles. The minimum atomic E-state index is -0.487. The topological polar surface area (TPSA) is 66.7 Å². The van der Waals surface area contributed by atoms with Gasteiger partial charge in [0.1, 0.15) is 0 Å². The van der Waals surface area contributed by atoms with Gasteiger partial charge in [-0.15, -0.1) is 0 Å². The SMILES string of the molecule is CC(C)CN(C)C(=O)c1cc([N+](=O)[O-])ccc1N(C)C. The molecule has 0 aliphatic rings. The molecule has 0 bridgehead atoms. The van der Waals surface area contributed by atoms with Crippen molar-refractivity contribution in [2.75, 3.05) is 32.6 Å². The highest BCUT2D eigenvalue weighted by Crippen LogP contribution is 2.25. The van der Waals surface area contributed by atoms with Crippen molar-refractivity contribution in [3.05, 3.63) is 33.9 Å². The molecule has 1 amide bonds. The third-order valence-corrected chi connectivity index (χ3v) is 2.89. The van der Waals surface area contributed by atoms with Gasteiger partial charge in [-0.2, -0.15) is 0 Å². The van der Waals surface area contributed by atoms with Crippen molar-refractivity contribution in [2.24, 2.45) is 5.92 Å². The van der Waals surface area contributed by atoms with Gasteiger partial charge in [0.25, 0.3) is 11.6 Å². The van der Waals surface area contributed by atoms with Gasteiger partial charge >= 0.3 is 0 Å². The molecule has 110 valence electrons. The number of amides is 1. The summed E-state index contributed by atoms with van der Waals surface area (Å²) < 4.78 is 0. The van der Waals surface area contributed by atoms with Crippen LogP contribution in [0, 0.1) is 16.0 Å². The van der Waals surface area contributed by atoms with E-state index in [2.05, 4.69) is 0 Å². The van der Waals surface area contributed by atoms with Crippen molar-refractivity contribution < 1.29 is 9.72 Å². The van der Waals surface area contributed by atoms with E-state index in [9.17, 15) is 14.9 Å². The second kappa shape index (κ2) is 6.36. The molecule has 0 unspecified atom stereocenters. The summed E-state index contributed by atoms with van der Waals surface area (Å²) >= 11 is 0. The Labute approximate surface area is 119 Å². The first-order valence-electron chi connectivity index (χ1n) is 6.45. The van der Waals surface area contributed by atoms with Crippen molar-refractivity contribution in [2.45, 2.75) is 13.8 Å². The Morgan fingerprint density at radius 3 is 2.35 bits per heavy atom. The summed E-state index contributed by atoms with van der Waals surface area (Å²) in [6, 6.07) is 4.36. The molecule has 1 rings (SSSR count). The maximum atomic E-state index is 12.5. The predicted molar refractivity (Wildman–Crippen MR) is 79.2 cm³/mol. The second-order valence-electron chi connectivity index (χ2n) is 5.43. The Bertz CT molecular complexity index is 512. The number of rotatable bonds is 5. The number of hydrogen-bond acceptors (Lipinski definition) is 4. The van der Waals surface area contributed by atoms with Crippen LogP contribution < -0.4 is 4.90 Å². The Hall–Kier alpha value is -2.11. The fourth-order valence-corrected chi connectivity index (χ4v) is 2.04. The van der Waals surface area contributed by atoms with Crippen LogP contribution >= 0.6 is 0 Å². The second-order valence-corrected chi connectivity index (χ2v) is 5.43. The smallest absolute Gasteiger partial charge is 0.270 e. The quantitative estimate of drug-likeness (QED) is 0.613. The molecule has 1 aromatic rings. The fraction of sp³-hybridized carbons (Fsp3) is 0.500. The average Bonchev–Trinajstić information content (AvgIpc) is 2.35. The number of carbonyl (C=O) groups excluding carboxylic acids is 1. The van der Waals surface area contributed by atoms with E-state index in [1.54, 1.807) is 37.0 Å². The lowest BCUT2D eigenvalue weighted by molar-refractivity contribution is -0.384. The molecule has 0 fully saturated rings. The molecule has 6 heteroatoms. The Balaban J connectivity index is 3.21. The normalized spacial score (nSPS) is 10.5. The largest absolute Gasteiger partial charge is 0.377 e. The zero-order chi connectivity index (χ0) is 15.4. The lowest BCUT2D eigenvalue weighted by Crippen LogP contribution is -2.31. The third-order valence-electron chi connectivity index (χ3n) is 2.89. The first kappa shape index (κ1) is 15.9. The molecular weight excluding hydrogens is 258 g/mol. The van der Waals surface area contributed by atoms with Crippen LogP contribution in [0.4, 0.5) is 11.4 Å². The van der Waals surface area contributed by atoms with Crippen molar-refractivity contribution in [1.82, 2.24) is 4.90 Å². The van der Waals surface area contributed by atoms with E-state index in [4.69, 9.17) is 0 Å². The van der Waals surface area contributed by atoms with E-state index in [1.807, 2.05) is 13.8 Å². The summed E-state index contributed by atoms with van der Waals surface area (Å²) in [5.41, 5.74) is 0.959. The molecule has 0 saturated carbocycles. The highest BCUT2D eigenvalue weighted by Gasteiger charge is 2.21. The number of anilines is 1. The van der Waals surface area contributed by atoms with Crippen molar-refractivity contribution in [1.29, 1.82) is 0 Å². The maximum Gasteiger partial charge on any atom is 0.270 e. The van der Waals surface area contributed by atoms with E-state index >= 15 is 0 Å². The maximum absolute atomic E-state index is 12.5. The molecule has 0 saturated heterocycles. The molecule has 20 heavy (non-hydrogen) atoms. The number of benzene rings is 1.